The topological polar surface area (TPSA) is 120 Å². The van der Waals surface area contributed by atoms with Crippen molar-refractivity contribution in [3.63, 3.8) is 0 Å². The smallest absolute Gasteiger partial charge is 0.345 e. The number of hydrogen-bond donors (Lipinski definition) is 2. The van der Waals surface area contributed by atoms with Gasteiger partial charge in [-0.3, -0.25) is 0 Å². The lowest BCUT2D eigenvalue weighted by molar-refractivity contribution is -0.133. The summed E-state index contributed by atoms with van der Waals surface area (Å²) in [5, 5.41) is 10.5. The molecule has 1 heterocycles. The number of H-pyrrole nitrogens is 1. The Hall–Kier alpha value is -4.27. The van der Waals surface area contributed by atoms with E-state index in [2.05, 4.69) is 16.5 Å². The molecule has 9 heteroatoms. The highest BCUT2D eigenvalue weighted by Gasteiger charge is 2.23. The van der Waals surface area contributed by atoms with Crippen molar-refractivity contribution in [3.8, 4) is 11.5 Å². The van der Waals surface area contributed by atoms with Gasteiger partial charge in [0.1, 0.15) is 30.4 Å². The number of carbonyl (C=O) groups is 2. The largest absolute Gasteiger partial charge is 0.508 e. The van der Waals surface area contributed by atoms with Crippen molar-refractivity contribution in [2.24, 2.45) is 0 Å². The van der Waals surface area contributed by atoms with Crippen molar-refractivity contribution >= 4 is 28.5 Å². The fraction of sp³-hybridized carbons (Fsp3) is 0.174. The second kappa shape index (κ2) is 10.2. The van der Waals surface area contributed by atoms with Gasteiger partial charge < -0.3 is 29.0 Å². The highest BCUT2D eigenvalue weighted by Crippen LogP contribution is 2.28. The van der Waals surface area contributed by atoms with Crippen molar-refractivity contribution in [1.29, 1.82) is 0 Å². The normalized spacial score (nSPS) is 11.4. The van der Waals surface area contributed by atoms with Gasteiger partial charge in [-0.25, -0.2) is 14.6 Å². The van der Waals surface area contributed by atoms with Gasteiger partial charge in [-0.1, -0.05) is 24.8 Å². The van der Waals surface area contributed by atoms with Gasteiger partial charge >= 0.3 is 11.9 Å². The van der Waals surface area contributed by atoms with E-state index < -0.39 is 24.3 Å². The van der Waals surface area contributed by atoms with Gasteiger partial charge in [0.2, 0.25) is 0 Å². The number of hydrogen-bond acceptors (Lipinski definition) is 8. The van der Waals surface area contributed by atoms with Crippen LogP contribution in [0.15, 0.2) is 60.9 Å². The monoisotopic (exact) mass is 438 g/mol. The highest BCUT2D eigenvalue weighted by molar-refractivity contribution is 6.16. The van der Waals surface area contributed by atoms with Crippen LogP contribution in [0, 0.1) is 0 Å². The minimum atomic E-state index is -0.831. The average Bonchev–Trinajstić information content (AvgIpc) is 3.24. The number of carbonyl (C=O) groups excluding carboxylic acids is 2. The third-order valence-electron chi connectivity index (χ3n) is 4.40. The van der Waals surface area contributed by atoms with Crippen molar-refractivity contribution < 1.29 is 33.6 Å². The van der Waals surface area contributed by atoms with Crippen molar-refractivity contribution in [2.75, 3.05) is 27.4 Å². The molecule has 0 fully saturated rings. The number of aliphatic hydroxyl groups is 1. The number of imidazole rings is 1. The first-order valence-corrected chi connectivity index (χ1v) is 9.52. The van der Waals surface area contributed by atoms with E-state index in [9.17, 15) is 14.7 Å². The molecule has 2 N–H and O–H groups in total. The lowest BCUT2D eigenvalue weighted by Gasteiger charge is -2.11. The molecule has 0 spiro atoms. The number of para-hydroxylation sites is 2. The van der Waals surface area contributed by atoms with Crippen LogP contribution in [-0.4, -0.2) is 54.4 Å². The fourth-order valence-electron chi connectivity index (χ4n) is 2.88. The Morgan fingerprint density at radius 1 is 1.16 bits per heavy atom. The van der Waals surface area contributed by atoms with E-state index in [0.717, 1.165) is 0 Å². The molecule has 9 nitrogen and oxygen atoms in total. The molecule has 0 bridgehead atoms. The summed E-state index contributed by atoms with van der Waals surface area (Å²) < 4.78 is 20.6. The summed E-state index contributed by atoms with van der Waals surface area (Å²) in [4.78, 5) is 32.0. The van der Waals surface area contributed by atoms with E-state index in [1.165, 1.54) is 26.4 Å². The quantitative estimate of drug-likeness (QED) is 0.226. The van der Waals surface area contributed by atoms with E-state index in [0.29, 0.717) is 22.5 Å². The number of ether oxygens (including phenoxy) is 4. The van der Waals surface area contributed by atoms with Crippen LogP contribution in [0.2, 0.25) is 0 Å². The SMILES string of the molecule is C=CCOc1ccc(C(=O)OC/C(O)=C(\C(=O)OC)c2nc3ccccc3[nH]2)cc1OC. The first-order valence-electron chi connectivity index (χ1n) is 9.52. The zero-order valence-electron chi connectivity index (χ0n) is 17.6. The third kappa shape index (κ3) is 4.89. The van der Waals surface area contributed by atoms with E-state index in [1.54, 1.807) is 36.4 Å². The second-order valence-corrected chi connectivity index (χ2v) is 6.46. The molecular formula is C23H22N2O7. The van der Waals surface area contributed by atoms with Gasteiger partial charge in [0.05, 0.1) is 30.8 Å². The van der Waals surface area contributed by atoms with Crippen LogP contribution >= 0.6 is 0 Å². The summed E-state index contributed by atoms with van der Waals surface area (Å²) in [5.74, 6) is -1.22. The number of benzene rings is 2. The predicted molar refractivity (Wildman–Crippen MR) is 117 cm³/mol. The number of nitrogens with zero attached hydrogens (tertiary/aromatic N) is 1. The number of fused-ring (bicyclic) bond motifs is 1. The zero-order valence-corrected chi connectivity index (χ0v) is 17.6. The summed E-state index contributed by atoms with van der Waals surface area (Å²) in [6.45, 7) is 3.28. The molecule has 0 amide bonds. The maximum atomic E-state index is 12.5. The predicted octanol–water partition coefficient (Wildman–Crippen LogP) is 3.44. The van der Waals surface area contributed by atoms with Gasteiger partial charge in [0, 0.05) is 0 Å². The molecule has 0 unspecified atom stereocenters. The zero-order chi connectivity index (χ0) is 23.1. The van der Waals surface area contributed by atoms with Crippen LogP contribution in [0.3, 0.4) is 0 Å². The number of methoxy groups -OCH3 is 2. The number of aliphatic hydroxyl groups excluding tert-OH is 1. The second-order valence-electron chi connectivity index (χ2n) is 6.46. The third-order valence-corrected chi connectivity index (χ3v) is 4.40. The van der Waals surface area contributed by atoms with E-state index in [1.807, 2.05) is 0 Å². The average molecular weight is 438 g/mol. The van der Waals surface area contributed by atoms with Crippen molar-refractivity contribution in [1.82, 2.24) is 9.97 Å². The molecule has 3 aromatic rings. The van der Waals surface area contributed by atoms with Gasteiger partial charge in [0.15, 0.2) is 11.5 Å². The van der Waals surface area contributed by atoms with Crippen LogP contribution in [0.4, 0.5) is 0 Å². The molecule has 0 aliphatic carbocycles. The lowest BCUT2D eigenvalue weighted by atomic mass is 10.2. The van der Waals surface area contributed by atoms with Crippen molar-refractivity contribution in [3.05, 3.63) is 72.3 Å². The number of rotatable bonds is 9. The van der Waals surface area contributed by atoms with Crippen LogP contribution in [0.25, 0.3) is 16.6 Å². The summed E-state index contributed by atoms with van der Waals surface area (Å²) in [7, 11) is 2.61. The molecule has 0 saturated heterocycles. The summed E-state index contributed by atoms with van der Waals surface area (Å²) in [6, 6.07) is 11.6. The Balaban J connectivity index is 1.81. The van der Waals surface area contributed by atoms with E-state index in [4.69, 9.17) is 18.9 Å². The maximum Gasteiger partial charge on any atom is 0.345 e. The standard InChI is InChI=1S/C23H22N2O7/c1-4-11-31-18-10-9-14(12-19(18)29-2)22(27)32-13-17(26)20(23(28)30-3)21-24-15-7-5-6-8-16(15)25-21/h4-10,12,26H,1,11,13H2,2-3H3,(H,24,25)/b20-17+. The van der Waals surface area contributed by atoms with E-state index >= 15 is 0 Å². The van der Waals surface area contributed by atoms with Crippen LogP contribution in [-0.2, 0) is 14.3 Å². The van der Waals surface area contributed by atoms with E-state index in [-0.39, 0.29) is 23.6 Å². The summed E-state index contributed by atoms with van der Waals surface area (Å²) in [6.07, 6.45) is 1.58. The molecule has 3 rings (SSSR count). The number of nitrogens with one attached hydrogen (secondary N) is 1. The highest BCUT2D eigenvalue weighted by atomic mass is 16.5. The fourth-order valence-corrected chi connectivity index (χ4v) is 2.88. The Kier molecular flexibility index (Phi) is 7.12. The van der Waals surface area contributed by atoms with Gasteiger partial charge in [-0.05, 0) is 30.3 Å². The van der Waals surface area contributed by atoms with Crippen LogP contribution < -0.4 is 9.47 Å². The Bertz CT molecular complexity index is 1150. The van der Waals surface area contributed by atoms with Gasteiger partial charge in [-0.15, -0.1) is 0 Å². The van der Waals surface area contributed by atoms with Gasteiger partial charge in [0.25, 0.3) is 0 Å². The number of aromatic nitrogens is 2. The molecule has 166 valence electrons. The molecule has 1 aromatic heterocycles. The molecule has 0 aliphatic rings. The van der Waals surface area contributed by atoms with Gasteiger partial charge in [-0.2, -0.15) is 0 Å². The maximum absolute atomic E-state index is 12.5. The Morgan fingerprint density at radius 2 is 1.94 bits per heavy atom. The van der Waals surface area contributed by atoms with Crippen LogP contribution in [0.1, 0.15) is 16.2 Å². The lowest BCUT2D eigenvalue weighted by Crippen LogP contribution is -2.14. The minimum Gasteiger partial charge on any atom is -0.508 e. The molecule has 0 radical (unpaired) electrons. The summed E-state index contributed by atoms with van der Waals surface area (Å²) in [5.41, 5.74) is 1.20. The molecule has 0 aliphatic heterocycles. The Morgan fingerprint density at radius 3 is 2.62 bits per heavy atom. The Labute approximate surface area is 183 Å². The molecular weight excluding hydrogens is 416 g/mol. The molecule has 0 saturated carbocycles. The first kappa shape index (κ1) is 22.4. The minimum absolute atomic E-state index is 0.0944. The first-order chi connectivity index (χ1) is 15.5. The molecule has 2 aromatic carbocycles. The van der Waals surface area contributed by atoms with Crippen molar-refractivity contribution in [2.45, 2.75) is 0 Å². The molecule has 0 atom stereocenters. The number of aromatic amines is 1. The number of esters is 2. The summed E-state index contributed by atoms with van der Waals surface area (Å²) >= 11 is 0. The van der Waals surface area contributed by atoms with Crippen LogP contribution in [0.5, 0.6) is 11.5 Å². The molecule has 32 heavy (non-hydrogen) atoms.